The number of aliphatic hydroxyl groups is 1. The quantitative estimate of drug-likeness (QED) is 0.913. The molecular formula is C17H17ClFNO. The maximum atomic E-state index is 14.2. The molecule has 3 N–H and O–H groups in total. The number of hydrogen-bond donors (Lipinski definition) is 2. The van der Waals surface area contributed by atoms with Crippen molar-refractivity contribution in [1.29, 1.82) is 0 Å². The molecule has 0 aliphatic heterocycles. The van der Waals surface area contributed by atoms with Gasteiger partial charge in [-0.2, -0.15) is 0 Å². The van der Waals surface area contributed by atoms with Gasteiger partial charge in [-0.05, 0) is 36.1 Å². The van der Waals surface area contributed by atoms with E-state index in [1.165, 1.54) is 12.1 Å². The summed E-state index contributed by atoms with van der Waals surface area (Å²) in [7, 11) is 0. The fourth-order valence-electron chi connectivity index (χ4n) is 3.37. The molecule has 2 aromatic rings. The lowest BCUT2D eigenvalue weighted by molar-refractivity contribution is 0.0808. The minimum Gasteiger partial charge on any atom is -0.387 e. The largest absolute Gasteiger partial charge is 0.387 e. The van der Waals surface area contributed by atoms with Crippen molar-refractivity contribution in [3.8, 4) is 0 Å². The summed E-state index contributed by atoms with van der Waals surface area (Å²) in [6.07, 6.45) is 0.463. The molecule has 2 atom stereocenters. The Labute approximate surface area is 128 Å². The molecular weight excluding hydrogens is 289 g/mol. The molecule has 21 heavy (non-hydrogen) atoms. The first-order valence-electron chi connectivity index (χ1n) is 7.00. The van der Waals surface area contributed by atoms with Crippen LogP contribution in [0.15, 0.2) is 42.5 Å². The van der Waals surface area contributed by atoms with Gasteiger partial charge in [-0.15, -0.1) is 0 Å². The molecule has 0 saturated heterocycles. The zero-order chi connectivity index (χ0) is 15.0. The van der Waals surface area contributed by atoms with Crippen LogP contribution in [0.3, 0.4) is 0 Å². The first-order chi connectivity index (χ1) is 10.1. The monoisotopic (exact) mass is 305 g/mol. The minimum atomic E-state index is -1.06. The second-order valence-electron chi connectivity index (χ2n) is 5.56. The van der Waals surface area contributed by atoms with E-state index in [2.05, 4.69) is 0 Å². The molecule has 0 amide bonds. The van der Waals surface area contributed by atoms with Gasteiger partial charge in [0.2, 0.25) is 0 Å². The molecule has 2 nitrogen and oxygen atoms in total. The van der Waals surface area contributed by atoms with E-state index in [0.717, 1.165) is 17.5 Å². The van der Waals surface area contributed by atoms with E-state index in [-0.39, 0.29) is 17.1 Å². The second kappa shape index (κ2) is 5.41. The third-order valence-corrected chi connectivity index (χ3v) is 4.88. The lowest BCUT2D eigenvalue weighted by Gasteiger charge is -2.35. The molecule has 0 radical (unpaired) electrons. The standard InChI is InChI=1S/C17H17ClFNO/c18-13-6-3-7-14(19)15(13)16(21)17(10-20)9-8-11-4-1-2-5-12(11)17/h1-7,16,21H,8-10,20H2. The smallest absolute Gasteiger partial charge is 0.130 e. The fraction of sp³-hybridized carbons (Fsp3) is 0.294. The number of rotatable bonds is 3. The lowest BCUT2D eigenvalue weighted by Crippen LogP contribution is -2.39. The van der Waals surface area contributed by atoms with Gasteiger partial charge in [0.05, 0.1) is 6.10 Å². The second-order valence-corrected chi connectivity index (χ2v) is 5.96. The Bertz CT molecular complexity index is 655. The summed E-state index contributed by atoms with van der Waals surface area (Å²) >= 11 is 6.11. The highest BCUT2D eigenvalue weighted by Crippen LogP contribution is 2.48. The van der Waals surface area contributed by atoms with Crippen molar-refractivity contribution in [3.63, 3.8) is 0 Å². The molecule has 110 valence electrons. The number of aryl methyl sites for hydroxylation is 1. The highest BCUT2D eigenvalue weighted by atomic mass is 35.5. The van der Waals surface area contributed by atoms with Crippen molar-refractivity contribution in [1.82, 2.24) is 0 Å². The predicted octanol–water partition coefficient (Wildman–Crippen LogP) is 3.36. The summed E-state index contributed by atoms with van der Waals surface area (Å²) < 4.78 is 14.2. The van der Waals surface area contributed by atoms with Gasteiger partial charge in [0.1, 0.15) is 5.82 Å². The maximum absolute atomic E-state index is 14.2. The van der Waals surface area contributed by atoms with Crippen molar-refractivity contribution in [2.24, 2.45) is 5.73 Å². The van der Waals surface area contributed by atoms with Gasteiger partial charge in [-0.3, -0.25) is 0 Å². The van der Waals surface area contributed by atoms with Crippen LogP contribution in [-0.4, -0.2) is 11.7 Å². The SMILES string of the molecule is NCC1(C(O)c2c(F)cccc2Cl)CCc2ccccc21. The van der Waals surface area contributed by atoms with E-state index in [4.69, 9.17) is 17.3 Å². The third kappa shape index (κ3) is 2.16. The van der Waals surface area contributed by atoms with Crippen LogP contribution >= 0.6 is 11.6 Å². The van der Waals surface area contributed by atoms with Crippen LogP contribution in [0.5, 0.6) is 0 Å². The molecule has 4 heteroatoms. The van der Waals surface area contributed by atoms with Gasteiger partial charge in [-0.25, -0.2) is 4.39 Å². The molecule has 0 aromatic heterocycles. The molecule has 1 aliphatic rings. The van der Waals surface area contributed by atoms with Crippen LogP contribution in [0, 0.1) is 5.82 Å². The van der Waals surface area contributed by atoms with Crippen LogP contribution in [0.2, 0.25) is 5.02 Å². The van der Waals surface area contributed by atoms with E-state index in [1.54, 1.807) is 6.07 Å². The Kier molecular flexibility index (Phi) is 3.74. The van der Waals surface area contributed by atoms with Crippen LogP contribution in [0.25, 0.3) is 0 Å². The van der Waals surface area contributed by atoms with Gasteiger partial charge in [-0.1, -0.05) is 41.9 Å². The summed E-state index contributed by atoms with van der Waals surface area (Å²) in [5.41, 5.74) is 7.62. The molecule has 0 spiro atoms. The number of fused-ring (bicyclic) bond motifs is 1. The molecule has 0 saturated carbocycles. The normalized spacial score (nSPS) is 22.1. The van der Waals surface area contributed by atoms with E-state index in [0.29, 0.717) is 6.42 Å². The number of nitrogens with two attached hydrogens (primary N) is 1. The highest BCUT2D eigenvalue weighted by molar-refractivity contribution is 6.31. The maximum Gasteiger partial charge on any atom is 0.130 e. The summed E-state index contributed by atoms with van der Waals surface area (Å²) in [6, 6.07) is 12.3. The fourth-order valence-corrected chi connectivity index (χ4v) is 3.64. The predicted molar refractivity (Wildman–Crippen MR) is 81.9 cm³/mol. The summed E-state index contributed by atoms with van der Waals surface area (Å²) in [6.45, 7) is 0.246. The van der Waals surface area contributed by atoms with Crippen molar-refractivity contribution in [3.05, 3.63) is 70.0 Å². The summed E-state index contributed by atoms with van der Waals surface area (Å²) in [5.74, 6) is -0.493. The van der Waals surface area contributed by atoms with Crippen molar-refractivity contribution >= 4 is 11.6 Å². The Morgan fingerprint density at radius 1 is 1.24 bits per heavy atom. The first kappa shape index (κ1) is 14.5. The van der Waals surface area contributed by atoms with Gasteiger partial charge >= 0.3 is 0 Å². The van der Waals surface area contributed by atoms with Crippen molar-refractivity contribution < 1.29 is 9.50 Å². The van der Waals surface area contributed by atoms with E-state index < -0.39 is 17.3 Å². The lowest BCUT2D eigenvalue weighted by atomic mass is 9.74. The van der Waals surface area contributed by atoms with Crippen LogP contribution in [0.4, 0.5) is 4.39 Å². The molecule has 0 bridgehead atoms. The molecule has 2 aromatic carbocycles. The van der Waals surface area contributed by atoms with Crippen molar-refractivity contribution in [2.75, 3.05) is 6.54 Å². The van der Waals surface area contributed by atoms with Gasteiger partial charge in [0.15, 0.2) is 0 Å². The molecule has 3 rings (SSSR count). The number of hydrogen-bond acceptors (Lipinski definition) is 2. The first-order valence-corrected chi connectivity index (χ1v) is 7.38. The molecule has 0 fully saturated rings. The molecule has 1 aliphatic carbocycles. The number of halogens is 2. The van der Waals surface area contributed by atoms with E-state index in [1.807, 2.05) is 24.3 Å². The summed E-state index contributed by atoms with van der Waals surface area (Å²) in [5, 5.41) is 11.1. The number of benzene rings is 2. The minimum absolute atomic E-state index is 0.140. The third-order valence-electron chi connectivity index (χ3n) is 4.56. The highest BCUT2D eigenvalue weighted by Gasteiger charge is 2.45. The van der Waals surface area contributed by atoms with E-state index in [9.17, 15) is 9.50 Å². The zero-order valence-electron chi connectivity index (χ0n) is 11.5. The van der Waals surface area contributed by atoms with Gasteiger partial charge in [0.25, 0.3) is 0 Å². The Morgan fingerprint density at radius 3 is 2.71 bits per heavy atom. The van der Waals surface area contributed by atoms with Gasteiger partial charge in [0, 0.05) is 22.5 Å². The van der Waals surface area contributed by atoms with Crippen LogP contribution < -0.4 is 5.73 Å². The Morgan fingerprint density at radius 2 is 2.00 bits per heavy atom. The molecule has 0 heterocycles. The average Bonchev–Trinajstić information content (AvgIpc) is 2.87. The zero-order valence-corrected chi connectivity index (χ0v) is 12.3. The van der Waals surface area contributed by atoms with Crippen molar-refractivity contribution in [2.45, 2.75) is 24.4 Å². The topological polar surface area (TPSA) is 46.2 Å². The van der Waals surface area contributed by atoms with Crippen LogP contribution in [0.1, 0.15) is 29.2 Å². The molecule has 2 unspecified atom stereocenters. The number of aliphatic hydroxyl groups excluding tert-OH is 1. The van der Waals surface area contributed by atoms with Crippen LogP contribution in [-0.2, 0) is 11.8 Å². The van der Waals surface area contributed by atoms with E-state index >= 15 is 0 Å². The van der Waals surface area contributed by atoms with Gasteiger partial charge < -0.3 is 10.8 Å². The summed E-state index contributed by atoms with van der Waals surface area (Å²) in [4.78, 5) is 0. The average molecular weight is 306 g/mol. The Balaban J connectivity index is 2.14. The Hall–Kier alpha value is -1.42.